The fourth-order valence-corrected chi connectivity index (χ4v) is 3.24. The third-order valence-electron chi connectivity index (χ3n) is 4.75. The first-order valence-corrected chi connectivity index (χ1v) is 9.79. The Bertz CT molecular complexity index is 1020. The second-order valence-electron chi connectivity index (χ2n) is 6.98. The Hall–Kier alpha value is -3.11. The number of aryl methyl sites for hydroxylation is 2. The highest BCUT2D eigenvalue weighted by Crippen LogP contribution is 2.21. The molecule has 0 radical (unpaired) electrons. The van der Waals surface area contributed by atoms with Crippen LogP contribution in [0.15, 0.2) is 72.8 Å². The van der Waals surface area contributed by atoms with Gasteiger partial charge in [-0.25, -0.2) is 0 Å². The molecule has 0 heterocycles. The highest BCUT2D eigenvalue weighted by atomic mass is 35.5. The topological polar surface area (TPSA) is 58.2 Å². The van der Waals surface area contributed by atoms with E-state index >= 15 is 0 Å². The zero-order valence-corrected chi connectivity index (χ0v) is 17.2. The zero-order valence-electron chi connectivity index (χ0n) is 16.4. The first-order valence-electron chi connectivity index (χ1n) is 9.41. The van der Waals surface area contributed by atoms with E-state index in [0.717, 1.165) is 16.7 Å². The maximum Gasteiger partial charge on any atom is 0.252 e. The normalized spacial score (nSPS) is 11.6. The first-order chi connectivity index (χ1) is 13.9. The van der Waals surface area contributed by atoms with Gasteiger partial charge in [0, 0.05) is 22.7 Å². The summed E-state index contributed by atoms with van der Waals surface area (Å²) in [6.45, 7) is 3.76. The summed E-state index contributed by atoms with van der Waals surface area (Å²) in [5.41, 5.74) is 3.89. The molecule has 3 aromatic rings. The molecule has 2 N–H and O–H groups in total. The van der Waals surface area contributed by atoms with Gasteiger partial charge in [-0.2, -0.15) is 0 Å². The van der Waals surface area contributed by atoms with Crippen LogP contribution in [0.2, 0.25) is 5.02 Å². The van der Waals surface area contributed by atoms with E-state index in [2.05, 4.69) is 10.6 Å². The van der Waals surface area contributed by atoms with Crippen molar-refractivity contribution in [2.24, 2.45) is 0 Å². The molecule has 0 aliphatic heterocycles. The Morgan fingerprint density at radius 1 is 0.897 bits per heavy atom. The molecule has 1 atom stereocenters. The minimum atomic E-state index is -0.733. The lowest BCUT2D eigenvalue weighted by atomic mass is 10.0. The van der Waals surface area contributed by atoms with Gasteiger partial charge in [0.25, 0.3) is 5.91 Å². The molecule has 0 aromatic heterocycles. The fourth-order valence-electron chi connectivity index (χ4n) is 3.07. The molecule has 0 fully saturated rings. The van der Waals surface area contributed by atoms with Crippen molar-refractivity contribution in [3.05, 3.63) is 100 Å². The average molecular weight is 407 g/mol. The lowest BCUT2D eigenvalue weighted by Gasteiger charge is -2.20. The molecule has 0 aliphatic carbocycles. The molecule has 0 saturated heterocycles. The smallest absolute Gasteiger partial charge is 0.252 e. The Labute approximate surface area is 175 Å². The van der Waals surface area contributed by atoms with Gasteiger partial charge in [0.2, 0.25) is 5.91 Å². The van der Waals surface area contributed by atoms with Crippen molar-refractivity contribution in [3.8, 4) is 0 Å². The highest BCUT2D eigenvalue weighted by Gasteiger charge is 2.23. The predicted molar refractivity (Wildman–Crippen MR) is 117 cm³/mol. The largest absolute Gasteiger partial charge is 0.340 e. The molecular formula is C24H23ClN2O2. The van der Waals surface area contributed by atoms with Crippen molar-refractivity contribution in [1.29, 1.82) is 0 Å². The summed E-state index contributed by atoms with van der Waals surface area (Å²) in [5, 5.41) is 6.33. The third kappa shape index (κ3) is 5.46. The molecule has 1 unspecified atom stereocenters. The average Bonchev–Trinajstić information content (AvgIpc) is 2.71. The molecule has 3 aromatic carbocycles. The number of hydrogen-bond donors (Lipinski definition) is 2. The monoisotopic (exact) mass is 406 g/mol. The Morgan fingerprint density at radius 3 is 2.31 bits per heavy atom. The van der Waals surface area contributed by atoms with Crippen LogP contribution in [0.3, 0.4) is 0 Å². The summed E-state index contributed by atoms with van der Waals surface area (Å²) in [6, 6.07) is 21.5. The summed E-state index contributed by atoms with van der Waals surface area (Å²) < 4.78 is 0. The minimum absolute atomic E-state index is 0.276. The van der Waals surface area contributed by atoms with E-state index in [1.54, 1.807) is 18.2 Å². The van der Waals surface area contributed by atoms with Crippen molar-refractivity contribution < 1.29 is 9.59 Å². The summed E-state index contributed by atoms with van der Waals surface area (Å²) in [4.78, 5) is 25.9. The number of anilines is 1. The number of nitrogens with one attached hydrogen (secondary N) is 2. The summed E-state index contributed by atoms with van der Waals surface area (Å²) in [7, 11) is 0. The van der Waals surface area contributed by atoms with Gasteiger partial charge in [0.05, 0.1) is 0 Å². The first kappa shape index (κ1) is 20.6. The summed E-state index contributed by atoms with van der Waals surface area (Å²) in [5.74, 6) is -0.567. The van der Waals surface area contributed by atoms with Gasteiger partial charge in [-0.3, -0.25) is 9.59 Å². The van der Waals surface area contributed by atoms with Gasteiger partial charge < -0.3 is 10.6 Å². The molecule has 0 bridgehead atoms. The van der Waals surface area contributed by atoms with E-state index in [1.165, 1.54) is 0 Å². The van der Waals surface area contributed by atoms with E-state index in [9.17, 15) is 9.59 Å². The fraction of sp³-hybridized carbons (Fsp3) is 0.167. The van der Waals surface area contributed by atoms with Crippen molar-refractivity contribution in [3.63, 3.8) is 0 Å². The van der Waals surface area contributed by atoms with Gasteiger partial charge in [-0.05, 0) is 48.7 Å². The Kier molecular flexibility index (Phi) is 6.68. The van der Waals surface area contributed by atoms with Crippen LogP contribution >= 0.6 is 11.6 Å². The second-order valence-corrected chi connectivity index (χ2v) is 7.42. The van der Waals surface area contributed by atoms with Crippen LogP contribution in [-0.4, -0.2) is 17.9 Å². The van der Waals surface area contributed by atoms with Gasteiger partial charge in [-0.1, -0.05) is 66.2 Å². The molecule has 0 saturated carbocycles. The number of amides is 2. The number of benzene rings is 3. The molecule has 4 nitrogen and oxygen atoms in total. The zero-order chi connectivity index (χ0) is 20.8. The van der Waals surface area contributed by atoms with Crippen molar-refractivity contribution in [1.82, 2.24) is 5.32 Å². The van der Waals surface area contributed by atoms with E-state index in [4.69, 9.17) is 11.6 Å². The van der Waals surface area contributed by atoms with Crippen LogP contribution in [0.4, 0.5) is 5.69 Å². The Morgan fingerprint density at radius 2 is 1.59 bits per heavy atom. The lowest BCUT2D eigenvalue weighted by Crippen LogP contribution is -2.45. The number of carbonyl (C=O) groups excluding carboxylic acids is 2. The van der Waals surface area contributed by atoms with Crippen LogP contribution < -0.4 is 10.6 Å². The Balaban J connectivity index is 1.84. The number of halogens is 1. The van der Waals surface area contributed by atoms with Crippen LogP contribution in [0.25, 0.3) is 0 Å². The maximum absolute atomic E-state index is 13.1. The molecule has 0 aliphatic rings. The van der Waals surface area contributed by atoms with Crippen molar-refractivity contribution >= 4 is 29.1 Å². The maximum atomic E-state index is 13.1. The van der Waals surface area contributed by atoms with Crippen LogP contribution in [0.1, 0.15) is 27.0 Å². The molecule has 3 rings (SSSR count). The van der Waals surface area contributed by atoms with Crippen molar-refractivity contribution in [2.75, 3.05) is 5.32 Å². The molecule has 29 heavy (non-hydrogen) atoms. The second kappa shape index (κ2) is 9.39. The number of rotatable bonds is 6. The molecule has 2 amide bonds. The van der Waals surface area contributed by atoms with Gasteiger partial charge in [-0.15, -0.1) is 0 Å². The SMILES string of the molecule is Cc1ccc(Cl)cc1NC(=O)C(Cc1ccccc1)NC(=O)c1ccccc1C. The highest BCUT2D eigenvalue weighted by molar-refractivity contribution is 6.31. The van der Waals surface area contributed by atoms with Gasteiger partial charge in [0.1, 0.15) is 6.04 Å². The quantitative estimate of drug-likeness (QED) is 0.609. The van der Waals surface area contributed by atoms with Crippen LogP contribution in [0, 0.1) is 13.8 Å². The molecular weight excluding hydrogens is 384 g/mol. The standard InChI is InChI=1S/C24H23ClN2O2/c1-16-8-6-7-11-20(16)23(28)27-22(14-18-9-4-3-5-10-18)24(29)26-21-15-19(25)13-12-17(21)2/h3-13,15,22H,14H2,1-2H3,(H,26,29)(H,27,28). The summed E-state index contributed by atoms with van der Waals surface area (Å²) in [6.07, 6.45) is 0.379. The number of carbonyl (C=O) groups is 2. The van der Waals surface area contributed by atoms with Gasteiger partial charge in [0.15, 0.2) is 0 Å². The van der Waals surface area contributed by atoms with E-state index in [0.29, 0.717) is 22.7 Å². The predicted octanol–water partition coefficient (Wildman–Crippen LogP) is 4.94. The molecule has 5 heteroatoms. The van der Waals surface area contributed by atoms with Crippen molar-refractivity contribution in [2.45, 2.75) is 26.3 Å². The van der Waals surface area contributed by atoms with E-state index in [-0.39, 0.29) is 11.8 Å². The third-order valence-corrected chi connectivity index (χ3v) is 4.99. The molecule has 148 valence electrons. The summed E-state index contributed by atoms with van der Waals surface area (Å²) >= 11 is 6.07. The molecule has 0 spiro atoms. The van der Waals surface area contributed by atoms with Gasteiger partial charge >= 0.3 is 0 Å². The van der Waals surface area contributed by atoms with E-state index in [1.807, 2.05) is 68.4 Å². The lowest BCUT2D eigenvalue weighted by molar-refractivity contribution is -0.118. The minimum Gasteiger partial charge on any atom is -0.340 e. The van der Waals surface area contributed by atoms with Crippen LogP contribution in [-0.2, 0) is 11.2 Å². The van der Waals surface area contributed by atoms with Crippen LogP contribution in [0.5, 0.6) is 0 Å². The number of hydrogen-bond acceptors (Lipinski definition) is 2. The van der Waals surface area contributed by atoms with E-state index < -0.39 is 6.04 Å².